The molecule has 0 fully saturated rings. The Morgan fingerprint density at radius 3 is 2.53 bits per heavy atom. The summed E-state index contributed by atoms with van der Waals surface area (Å²) in [6.45, 7) is 7.75. The van der Waals surface area contributed by atoms with Crippen LogP contribution in [0.2, 0.25) is 0 Å². The molecule has 2 aromatic heterocycles. The van der Waals surface area contributed by atoms with Crippen molar-refractivity contribution in [3.8, 4) is 11.1 Å². The van der Waals surface area contributed by atoms with Gasteiger partial charge in [0.1, 0.15) is 0 Å². The molecule has 1 atom stereocenters. The highest BCUT2D eigenvalue weighted by molar-refractivity contribution is 5.93. The van der Waals surface area contributed by atoms with Gasteiger partial charge < -0.3 is 10.6 Å². The molecule has 154 valence electrons. The SMILES string of the molecule is CC(=O)C(C)Nc1ccc(-c2cnc(C)c(CNC(=O)c3cccnc3)c2)cc1C. The molecule has 2 heterocycles. The van der Waals surface area contributed by atoms with Crippen molar-refractivity contribution in [1.82, 2.24) is 15.3 Å². The highest BCUT2D eigenvalue weighted by Gasteiger charge is 2.11. The number of hydrogen-bond acceptors (Lipinski definition) is 5. The number of carbonyl (C=O) groups excluding carboxylic acids is 2. The normalized spacial score (nSPS) is 11.6. The fourth-order valence-electron chi connectivity index (χ4n) is 3.03. The predicted octanol–water partition coefficient (Wildman–Crippen LogP) is 4.08. The molecule has 2 N–H and O–H groups in total. The van der Waals surface area contributed by atoms with Crippen molar-refractivity contribution in [1.29, 1.82) is 0 Å². The van der Waals surface area contributed by atoms with E-state index < -0.39 is 0 Å². The third-order valence-corrected chi connectivity index (χ3v) is 5.10. The Labute approximate surface area is 176 Å². The Morgan fingerprint density at radius 2 is 1.87 bits per heavy atom. The zero-order valence-corrected chi connectivity index (χ0v) is 17.7. The third kappa shape index (κ3) is 5.08. The Kier molecular flexibility index (Phi) is 6.57. The van der Waals surface area contributed by atoms with Crippen molar-refractivity contribution in [3.63, 3.8) is 0 Å². The molecule has 0 radical (unpaired) electrons. The number of rotatable bonds is 7. The Bertz CT molecular complexity index is 1060. The number of nitrogens with zero attached hydrogens (tertiary/aromatic N) is 2. The van der Waals surface area contributed by atoms with E-state index in [9.17, 15) is 9.59 Å². The number of Topliss-reactive ketones (excluding diaryl/α,β-unsaturated/α-hetero) is 1. The number of ketones is 1. The van der Waals surface area contributed by atoms with Gasteiger partial charge in [-0.1, -0.05) is 6.07 Å². The highest BCUT2D eigenvalue weighted by atomic mass is 16.1. The molecule has 3 aromatic rings. The molecule has 0 spiro atoms. The van der Waals surface area contributed by atoms with Gasteiger partial charge in [0.25, 0.3) is 5.91 Å². The standard InChI is InChI=1S/C24H26N4O2/c1-15-10-19(7-8-23(15)28-16(2)18(4)29)22-11-21(17(3)26-14-22)13-27-24(30)20-6-5-9-25-12-20/h5-12,14,16,28H,13H2,1-4H3,(H,27,30). The summed E-state index contributed by atoms with van der Waals surface area (Å²) in [5, 5.41) is 6.17. The molecule has 0 saturated carbocycles. The summed E-state index contributed by atoms with van der Waals surface area (Å²) in [6, 6.07) is 11.3. The summed E-state index contributed by atoms with van der Waals surface area (Å²) in [6.07, 6.45) is 5.02. The van der Waals surface area contributed by atoms with Gasteiger partial charge in [0, 0.05) is 42.1 Å². The van der Waals surface area contributed by atoms with Crippen LogP contribution in [-0.4, -0.2) is 27.7 Å². The van der Waals surface area contributed by atoms with E-state index in [2.05, 4.69) is 26.7 Å². The van der Waals surface area contributed by atoms with Crippen LogP contribution < -0.4 is 10.6 Å². The van der Waals surface area contributed by atoms with Crippen LogP contribution in [0.15, 0.2) is 55.0 Å². The van der Waals surface area contributed by atoms with Gasteiger partial charge in [0.2, 0.25) is 0 Å². The summed E-state index contributed by atoms with van der Waals surface area (Å²) < 4.78 is 0. The van der Waals surface area contributed by atoms with Gasteiger partial charge in [-0.3, -0.25) is 19.6 Å². The van der Waals surface area contributed by atoms with Crippen molar-refractivity contribution < 1.29 is 9.59 Å². The van der Waals surface area contributed by atoms with Crippen LogP contribution >= 0.6 is 0 Å². The lowest BCUT2D eigenvalue weighted by Crippen LogP contribution is -2.23. The number of nitrogens with one attached hydrogen (secondary N) is 2. The van der Waals surface area contributed by atoms with Crippen LogP contribution in [0.5, 0.6) is 0 Å². The van der Waals surface area contributed by atoms with Gasteiger partial charge in [-0.25, -0.2) is 0 Å². The molecular weight excluding hydrogens is 376 g/mol. The summed E-state index contributed by atoms with van der Waals surface area (Å²) in [4.78, 5) is 32.3. The zero-order chi connectivity index (χ0) is 21.7. The molecule has 0 aliphatic rings. The first kappa shape index (κ1) is 21.2. The number of hydrogen-bond donors (Lipinski definition) is 2. The topological polar surface area (TPSA) is 84.0 Å². The number of benzene rings is 1. The largest absolute Gasteiger partial charge is 0.375 e. The zero-order valence-electron chi connectivity index (χ0n) is 17.7. The lowest BCUT2D eigenvalue weighted by Gasteiger charge is -2.16. The number of aromatic nitrogens is 2. The molecule has 3 rings (SSSR count). The van der Waals surface area contributed by atoms with Crippen molar-refractivity contribution in [2.45, 2.75) is 40.3 Å². The number of aryl methyl sites for hydroxylation is 2. The van der Waals surface area contributed by atoms with Gasteiger partial charge in [-0.05, 0) is 74.7 Å². The molecule has 30 heavy (non-hydrogen) atoms. The van der Waals surface area contributed by atoms with Crippen molar-refractivity contribution >= 4 is 17.4 Å². The first-order valence-corrected chi connectivity index (χ1v) is 9.87. The minimum atomic E-state index is -0.231. The van der Waals surface area contributed by atoms with Gasteiger partial charge in [-0.15, -0.1) is 0 Å². The molecule has 6 nitrogen and oxygen atoms in total. The molecule has 0 aliphatic heterocycles. The quantitative estimate of drug-likeness (QED) is 0.622. The smallest absolute Gasteiger partial charge is 0.253 e. The summed E-state index contributed by atoms with van der Waals surface area (Å²) in [7, 11) is 0. The molecule has 6 heteroatoms. The number of amides is 1. The fraction of sp³-hybridized carbons (Fsp3) is 0.250. The monoisotopic (exact) mass is 402 g/mol. The van der Waals surface area contributed by atoms with E-state index in [0.717, 1.165) is 33.6 Å². The van der Waals surface area contributed by atoms with Crippen molar-refractivity contribution in [2.24, 2.45) is 0 Å². The second-order valence-electron chi connectivity index (χ2n) is 7.40. The highest BCUT2D eigenvalue weighted by Crippen LogP contribution is 2.26. The maximum atomic E-state index is 12.3. The number of carbonyl (C=O) groups is 2. The second-order valence-corrected chi connectivity index (χ2v) is 7.40. The first-order valence-electron chi connectivity index (χ1n) is 9.87. The van der Waals surface area contributed by atoms with Gasteiger partial charge in [0.05, 0.1) is 11.6 Å². The minimum Gasteiger partial charge on any atom is -0.375 e. The van der Waals surface area contributed by atoms with Crippen LogP contribution in [0.3, 0.4) is 0 Å². The summed E-state index contributed by atoms with van der Waals surface area (Å²) in [5.41, 5.74) is 6.34. The van der Waals surface area contributed by atoms with Crippen molar-refractivity contribution in [3.05, 3.63) is 77.4 Å². The third-order valence-electron chi connectivity index (χ3n) is 5.10. The van der Waals surface area contributed by atoms with E-state index >= 15 is 0 Å². The van der Waals surface area contributed by atoms with E-state index in [0.29, 0.717) is 12.1 Å². The van der Waals surface area contributed by atoms with E-state index in [1.165, 1.54) is 0 Å². The minimum absolute atomic E-state index is 0.0965. The van der Waals surface area contributed by atoms with Crippen LogP contribution in [0.25, 0.3) is 11.1 Å². The number of anilines is 1. The first-order chi connectivity index (χ1) is 14.3. The summed E-state index contributed by atoms with van der Waals surface area (Å²) in [5.74, 6) is -0.0713. The van der Waals surface area contributed by atoms with E-state index in [1.54, 1.807) is 31.5 Å². The molecule has 0 aliphatic carbocycles. The van der Waals surface area contributed by atoms with Crippen LogP contribution in [0, 0.1) is 13.8 Å². The molecule has 0 saturated heterocycles. The Hall–Kier alpha value is -3.54. The lowest BCUT2D eigenvalue weighted by atomic mass is 10.0. The average molecular weight is 402 g/mol. The van der Waals surface area contributed by atoms with Crippen LogP contribution in [0.4, 0.5) is 5.69 Å². The molecule has 0 bridgehead atoms. The van der Waals surface area contributed by atoms with Crippen LogP contribution in [-0.2, 0) is 11.3 Å². The van der Waals surface area contributed by atoms with Crippen LogP contribution in [0.1, 0.15) is 41.0 Å². The predicted molar refractivity (Wildman–Crippen MR) is 118 cm³/mol. The lowest BCUT2D eigenvalue weighted by molar-refractivity contribution is -0.117. The molecule has 1 unspecified atom stereocenters. The fourth-order valence-corrected chi connectivity index (χ4v) is 3.03. The van der Waals surface area contributed by atoms with E-state index in [1.807, 2.05) is 45.2 Å². The van der Waals surface area contributed by atoms with Gasteiger partial charge in [0.15, 0.2) is 5.78 Å². The van der Waals surface area contributed by atoms with E-state index in [4.69, 9.17) is 0 Å². The molecule has 1 aromatic carbocycles. The van der Waals surface area contributed by atoms with Gasteiger partial charge >= 0.3 is 0 Å². The average Bonchev–Trinajstić information content (AvgIpc) is 2.74. The number of pyridine rings is 2. The molecule has 1 amide bonds. The van der Waals surface area contributed by atoms with Crippen molar-refractivity contribution in [2.75, 3.05) is 5.32 Å². The van der Waals surface area contributed by atoms with Gasteiger partial charge in [-0.2, -0.15) is 0 Å². The summed E-state index contributed by atoms with van der Waals surface area (Å²) >= 11 is 0. The van der Waals surface area contributed by atoms with E-state index in [-0.39, 0.29) is 17.7 Å². The Balaban J connectivity index is 1.77. The Morgan fingerprint density at radius 1 is 1.07 bits per heavy atom. The maximum Gasteiger partial charge on any atom is 0.253 e. The maximum absolute atomic E-state index is 12.3. The second kappa shape index (κ2) is 9.31. The molecular formula is C24H26N4O2.